The van der Waals surface area contributed by atoms with Crippen LogP contribution in [0.5, 0.6) is 0 Å². The molecule has 1 N–H and O–H groups in total. The molecule has 1 rings (SSSR count). The maximum absolute atomic E-state index is 11.1. The lowest BCUT2D eigenvalue weighted by atomic mass is 9.84. The molecule has 66 valence electrons. The van der Waals surface area contributed by atoms with Gasteiger partial charge in [0, 0.05) is 19.6 Å². The summed E-state index contributed by atoms with van der Waals surface area (Å²) in [6.07, 6.45) is 0. The number of likely N-dealkylation sites (tertiary alicyclic amines) is 1. The quantitative estimate of drug-likeness (QED) is 0.620. The molecule has 1 aliphatic heterocycles. The van der Waals surface area contributed by atoms with Crippen LogP contribution in [0, 0.1) is 16.7 Å². The predicted octanol–water partition coefficient (Wildman–Crippen LogP) is 0.561. The van der Waals surface area contributed by atoms with Crippen molar-refractivity contribution in [2.24, 2.45) is 5.41 Å². The normalized spacial score (nSPS) is 19.2. The van der Waals surface area contributed by atoms with E-state index in [1.165, 1.54) is 0 Å². The first-order valence-corrected chi connectivity index (χ1v) is 4.05. The zero-order valence-electron chi connectivity index (χ0n) is 7.42. The Morgan fingerprint density at radius 2 is 2.33 bits per heavy atom. The molecule has 1 heterocycles. The Bertz CT molecular complexity index is 225. The summed E-state index contributed by atoms with van der Waals surface area (Å²) >= 11 is 0. The van der Waals surface area contributed by atoms with Crippen molar-refractivity contribution in [1.29, 1.82) is 5.26 Å². The molecule has 0 bridgehead atoms. The molecule has 4 nitrogen and oxygen atoms in total. The summed E-state index contributed by atoms with van der Waals surface area (Å²) in [6.45, 7) is 5.48. The minimum atomic E-state index is -0.314. The van der Waals surface area contributed by atoms with E-state index in [0.717, 1.165) is 0 Å². The molecule has 0 saturated carbocycles. The van der Waals surface area contributed by atoms with Crippen LogP contribution >= 0.6 is 0 Å². The van der Waals surface area contributed by atoms with Gasteiger partial charge < -0.3 is 10.2 Å². The fourth-order valence-electron chi connectivity index (χ4n) is 1.27. The van der Waals surface area contributed by atoms with Gasteiger partial charge in [0.1, 0.15) is 0 Å². The zero-order valence-corrected chi connectivity index (χ0v) is 7.42. The molecular weight excluding hydrogens is 154 g/mol. The second kappa shape index (κ2) is 3.02. The highest BCUT2D eigenvalue weighted by molar-refractivity contribution is 5.75. The fraction of sp³-hybridized carbons (Fsp3) is 0.750. The van der Waals surface area contributed by atoms with Crippen molar-refractivity contribution in [3.05, 3.63) is 0 Å². The van der Waals surface area contributed by atoms with Gasteiger partial charge in [0.05, 0.1) is 11.5 Å². The van der Waals surface area contributed by atoms with Gasteiger partial charge in [0.2, 0.25) is 0 Å². The van der Waals surface area contributed by atoms with E-state index in [4.69, 9.17) is 5.26 Å². The highest BCUT2D eigenvalue weighted by Crippen LogP contribution is 2.28. The number of nitrogens with one attached hydrogen (secondary N) is 1. The van der Waals surface area contributed by atoms with E-state index < -0.39 is 0 Å². The monoisotopic (exact) mass is 167 g/mol. The van der Waals surface area contributed by atoms with Crippen LogP contribution in [0.25, 0.3) is 0 Å². The number of urea groups is 1. The summed E-state index contributed by atoms with van der Waals surface area (Å²) in [5.41, 5.74) is -0.314. The van der Waals surface area contributed by atoms with Gasteiger partial charge in [-0.1, -0.05) is 0 Å². The van der Waals surface area contributed by atoms with E-state index in [9.17, 15) is 4.79 Å². The number of rotatable bonds is 1. The minimum absolute atomic E-state index is 0.0646. The lowest BCUT2D eigenvalue weighted by molar-refractivity contribution is 0.0888. The topological polar surface area (TPSA) is 56.1 Å². The lowest BCUT2D eigenvalue weighted by Gasteiger charge is -2.42. The van der Waals surface area contributed by atoms with Gasteiger partial charge >= 0.3 is 6.03 Å². The van der Waals surface area contributed by atoms with E-state index >= 15 is 0 Å². The SMILES string of the molecule is CCNC(=O)N1CC(C)(C#N)C1. The van der Waals surface area contributed by atoms with Crippen molar-refractivity contribution in [2.45, 2.75) is 13.8 Å². The number of hydrogen-bond acceptors (Lipinski definition) is 2. The van der Waals surface area contributed by atoms with Crippen LogP contribution in [0.4, 0.5) is 4.79 Å². The molecule has 0 aliphatic carbocycles. The average molecular weight is 167 g/mol. The number of carbonyl (C=O) groups excluding carboxylic acids is 1. The molecule has 0 unspecified atom stereocenters. The zero-order chi connectivity index (χ0) is 9.19. The smallest absolute Gasteiger partial charge is 0.317 e. The van der Waals surface area contributed by atoms with Crippen LogP contribution in [0.15, 0.2) is 0 Å². The van der Waals surface area contributed by atoms with Gasteiger partial charge in [-0.2, -0.15) is 5.26 Å². The van der Waals surface area contributed by atoms with Crippen LogP contribution < -0.4 is 5.32 Å². The molecule has 0 spiro atoms. The second-order valence-corrected chi connectivity index (χ2v) is 3.36. The van der Waals surface area contributed by atoms with E-state index in [2.05, 4.69) is 11.4 Å². The third-order valence-electron chi connectivity index (χ3n) is 1.96. The van der Waals surface area contributed by atoms with Crippen molar-refractivity contribution >= 4 is 6.03 Å². The van der Waals surface area contributed by atoms with E-state index in [-0.39, 0.29) is 11.4 Å². The first kappa shape index (κ1) is 8.85. The van der Waals surface area contributed by atoms with Crippen LogP contribution in [-0.2, 0) is 0 Å². The number of hydrogen-bond donors (Lipinski definition) is 1. The summed E-state index contributed by atoms with van der Waals surface area (Å²) in [5.74, 6) is 0. The van der Waals surface area contributed by atoms with E-state index in [1.54, 1.807) is 4.90 Å². The predicted molar refractivity (Wildman–Crippen MR) is 44.4 cm³/mol. The van der Waals surface area contributed by atoms with Gasteiger partial charge in [-0.15, -0.1) is 0 Å². The Kier molecular flexibility index (Phi) is 2.22. The largest absolute Gasteiger partial charge is 0.338 e. The van der Waals surface area contributed by atoms with Crippen molar-refractivity contribution in [1.82, 2.24) is 10.2 Å². The third-order valence-corrected chi connectivity index (χ3v) is 1.96. The summed E-state index contributed by atoms with van der Waals surface area (Å²) in [4.78, 5) is 12.8. The van der Waals surface area contributed by atoms with Gasteiger partial charge in [-0.3, -0.25) is 0 Å². The maximum Gasteiger partial charge on any atom is 0.317 e. The maximum atomic E-state index is 11.1. The van der Waals surface area contributed by atoms with Crippen LogP contribution in [0.2, 0.25) is 0 Å². The molecule has 1 saturated heterocycles. The molecule has 0 aromatic rings. The number of nitriles is 1. The van der Waals surface area contributed by atoms with Crippen LogP contribution in [0.3, 0.4) is 0 Å². The van der Waals surface area contributed by atoms with Gasteiger partial charge in [0.25, 0.3) is 0 Å². The average Bonchev–Trinajstić information content (AvgIpc) is 1.99. The molecule has 4 heteroatoms. The highest BCUT2D eigenvalue weighted by atomic mass is 16.2. The molecule has 0 aromatic heterocycles. The third kappa shape index (κ3) is 1.50. The summed E-state index contributed by atoms with van der Waals surface area (Å²) < 4.78 is 0. The van der Waals surface area contributed by atoms with Gasteiger partial charge in [-0.25, -0.2) is 4.79 Å². The first-order valence-electron chi connectivity index (χ1n) is 4.05. The summed E-state index contributed by atoms with van der Waals surface area (Å²) in [5, 5.41) is 11.4. The molecule has 0 atom stereocenters. The highest BCUT2D eigenvalue weighted by Gasteiger charge is 2.41. The minimum Gasteiger partial charge on any atom is -0.338 e. The van der Waals surface area contributed by atoms with Gasteiger partial charge in [-0.05, 0) is 13.8 Å². The van der Waals surface area contributed by atoms with Crippen molar-refractivity contribution in [2.75, 3.05) is 19.6 Å². The van der Waals surface area contributed by atoms with E-state index in [1.807, 2.05) is 13.8 Å². The van der Waals surface area contributed by atoms with Crippen LogP contribution in [0.1, 0.15) is 13.8 Å². The van der Waals surface area contributed by atoms with Crippen molar-refractivity contribution in [3.63, 3.8) is 0 Å². The Hall–Kier alpha value is -1.24. The number of carbonyl (C=O) groups is 1. The Labute approximate surface area is 72.2 Å². The molecule has 0 radical (unpaired) electrons. The molecule has 1 aliphatic rings. The fourth-order valence-corrected chi connectivity index (χ4v) is 1.27. The molecule has 2 amide bonds. The summed E-state index contributed by atoms with van der Waals surface area (Å²) in [6, 6.07) is 2.12. The van der Waals surface area contributed by atoms with Gasteiger partial charge in [0.15, 0.2) is 0 Å². The first-order chi connectivity index (χ1) is 5.61. The number of amides is 2. The van der Waals surface area contributed by atoms with E-state index in [0.29, 0.717) is 19.6 Å². The molecular formula is C8H13N3O. The standard InChI is InChI=1S/C8H13N3O/c1-3-10-7(12)11-5-8(2,4-9)6-11/h3,5-6H2,1-2H3,(H,10,12). The molecule has 0 aromatic carbocycles. The summed E-state index contributed by atoms with van der Waals surface area (Å²) in [7, 11) is 0. The Balaban J connectivity index is 2.35. The van der Waals surface area contributed by atoms with Crippen molar-refractivity contribution in [3.8, 4) is 6.07 Å². The molecule has 12 heavy (non-hydrogen) atoms. The molecule has 1 fully saturated rings. The van der Waals surface area contributed by atoms with Crippen LogP contribution in [-0.4, -0.2) is 30.6 Å². The Morgan fingerprint density at radius 1 is 1.75 bits per heavy atom. The Morgan fingerprint density at radius 3 is 2.75 bits per heavy atom. The second-order valence-electron chi connectivity index (χ2n) is 3.36. The lowest BCUT2D eigenvalue weighted by Crippen LogP contribution is -2.58. The van der Waals surface area contributed by atoms with Crippen molar-refractivity contribution < 1.29 is 4.79 Å². The number of nitrogens with zero attached hydrogens (tertiary/aromatic N) is 2.